The smallest absolute Gasteiger partial charge is 0.465 e. The van der Waals surface area contributed by atoms with Gasteiger partial charge in [0.25, 0.3) is 6.47 Å². The maximum Gasteiger partial charge on any atom is 0.472 e. The summed E-state index contributed by atoms with van der Waals surface area (Å²) >= 11 is 0. The quantitative estimate of drug-likeness (QED) is 0.353. The van der Waals surface area contributed by atoms with Crippen molar-refractivity contribution >= 4 is 20.3 Å². The van der Waals surface area contributed by atoms with Crippen molar-refractivity contribution in [1.29, 1.82) is 0 Å². The standard InChI is InChI=1S/C9H17O8P/c1-3-4-16-18(12,13)17-9(5-14-7-10)6-15-8(2)11/h7,9H,3-6H2,1-2H3,(H,12,13). The van der Waals surface area contributed by atoms with E-state index in [-0.39, 0.29) is 26.3 Å². The van der Waals surface area contributed by atoms with Gasteiger partial charge in [0.1, 0.15) is 19.3 Å². The minimum absolute atomic E-state index is 0.0442. The number of esters is 1. The van der Waals surface area contributed by atoms with Gasteiger partial charge in [0.2, 0.25) is 0 Å². The van der Waals surface area contributed by atoms with Crippen molar-refractivity contribution in [2.45, 2.75) is 26.4 Å². The Balaban J connectivity index is 4.31. The summed E-state index contributed by atoms with van der Waals surface area (Å²) in [6.45, 7) is 2.48. The zero-order valence-corrected chi connectivity index (χ0v) is 11.1. The summed E-state index contributed by atoms with van der Waals surface area (Å²) in [6, 6.07) is 0. The number of phosphoric ester groups is 1. The molecule has 0 aliphatic carbocycles. The highest BCUT2D eigenvalue weighted by molar-refractivity contribution is 7.47. The van der Waals surface area contributed by atoms with Crippen LogP contribution in [-0.4, -0.2) is 43.3 Å². The van der Waals surface area contributed by atoms with Crippen LogP contribution in [0.25, 0.3) is 0 Å². The molecule has 0 heterocycles. The van der Waals surface area contributed by atoms with E-state index in [2.05, 4.69) is 14.0 Å². The topological polar surface area (TPSA) is 108 Å². The SMILES string of the molecule is CCCOP(=O)(O)OC(COC=O)COC(C)=O. The summed E-state index contributed by atoms with van der Waals surface area (Å²) in [7, 11) is -4.25. The molecule has 2 unspecified atom stereocenters. The van der Waals surface area contributed by atoms with E-state index < -0.39 is 19.9 Å². The van der Waals surface area contributed by atoms with E-state index in [9.17, 15) is 19.0 Å². The van der Waals surface area contributed by atoms with Crippen LogP contribution in [0.1, 0.15) is 20.3 Å². The highest BCUT2D eigenvalue weighted by Gasteiger charge is 2.27. The van der Waals surface area contributed by atoms with Crippen LogP contribution in [0.4, 0.5) is 0 Å². The summed E-state index contributed by atoms with van der Waals surface area (Å²) < 4.78 is 29.7. The van der Waals surface area contributed by atoms with Crippen LogP contribution in [0.3, 0.4) is 0 Å². The molecule has 0 radical (unpaired) electrons. The highest BCUT2D eigenvalue weighted by Crippen LogP contribution is 2.44. The molecule has 0 amide bonds. The summed E-state index contributed by atoms with van der Waals surface area (Å²) in [5.41, 5.74) is 0. The van der Waals surface area contributed by atoms with E-state index in [1.54, 1.807) is 6.92 Å². The molecular weight excluding hydrogens is 267 g/mol. The number of hydrogen-bond donors (Lipinski definition) is 1. The average Bonchev–Trinajstić information content (AvgIpc) is 2.30. The Kier molecular flexibility index (Phi) is 8.57. The van der Waals surface area contributed by atoms with Crippen molar-refractivity contribution < 1.29 is 37.6 Å². The molecule has 0 rings (SSSR count). The predicted molar refractivity (Wildman–Crippen MR) is 59.6 cm³/mol. The first-order chi connectivity index (χ1) is 8.41. The zero-order chi connectivity index (χ0) is 14.0. The fraction of sp³-hybridized carbons (Fsp3) is 0.778. The van der Waals surface area contributed by atoms with Crippen molar-refractivity contribution in [2.75, 3.05) is 19.8 Å². The van der Waals surface area contributed by atoms with Crippen molar-refractivity contribution in [2.24, 2.45) is 0 Å². The van der Waals surface area contributed by atoms with Gasteiger partial charge < -0.3 is 14.4 Å². The van der Waals surface area contributed by atoms with E-state index >= 15 is 0 Å². The van der Waals surface area contributed by atoms with Crippen molar-refractivity contribution in [3.63, 3.8) is 0 Å². The van der Waals surface area contributed by atoms with Gasteiger partial charge in [0.15, 0.2) is 0 Å². The number of carbonyl (C=O) groups excluding carboxylic acids is 2. The lowest BCUT2D eigenvalue weighted by Crippen LogP contribution is -2.26. The molecule has 8 nitrogen and oxygen atoms in total. The zero-order valence-electron chi connectivity index (χ0n) is 10.2. The maximum atomic E-state index is 11.4. The molecule has 9 heteroatoms. The van der Waals surface area contributed by atoms with Gasteiger partial charge >= 0.3 is 13.8 Å². The number of phosphoric acid groups is 1. The van der Waals surface area contributed by atoms with Crippen LogP contribution in [0.5, 0.6) is 0 Å². The molecule has 0 spiro atoms. The minimum Gasteiger partial charge on any atom is -0.465 e. The van der Waals surface area contributed by atoms with Gasteiger partial charge in [-0.2, -0.15) is 0 Å². The van der Waals surface area contributed by atoms with E-state index in [0.717, 1.165) is 0 Å². The Labute approximate surface area is 105 Å². The minimum atomic E-state index is -4.25. The molecule has 2 atom stereocenters. The van der Waals surface area contributed by atoms with E-state index in [1.165, 1.54) is 6.92 Å². The van der Waals surface area contributed by atoms with E-state index in [0.29, 0.717) is 6.42 Å². The summed E-state index contributed by atoms with van der Waals surface area (Å²) in [4.78, 5) is 30.0. The Morgan fingerprint density at radius 3 is 2.61 bits per heavy atom. The van der Waals surface area contributed by atoms with Crippen LogP contribution < -0.4 is 0 Å². The fourth-order valence-electron chi connectivity index (χ4n) is 0.891. The average molecular weight is 284 g/mol. The number of rotatable bonds is 10. The molecule has 0 saturated carbocycles. The van der Waals surface area contributed by atoms with Gasteiger partial charge in [-0.3, -0.25) is 18.6 Å². The number of hydrogen-bond acceptors (Lipinski definition) is 7. The predicted octanol–water partition coefficient (Wildman–Crippen LogP) is 0.635. The lowest BCUT2D eigenvalue weighted by molar-refractivity contribution is -0.145. The third kappa shape index (κ3) is 9.12. The van der Waals surface area contributed by atoms with Gasteiger partial charge in [-0.1, -0.05) is 6.92 Å². The number of ether oxygens (including phenoxy) is 2. The molecule has 0 fully saturated rings. The molecule has 106 valence electrons. The molecular formula is C9H17O8P. The van der Waals surface area contributed by atoms with Crippen LogP contribution >= 0.6 is 7.82 Å². The second-order valence-corrected chi connectivity index (χ2v) is 4.67. The second kappa shape index (κ2) is 9.04. The summed E-state index contributed by atoms with van der Waals surface area (Å²) in [6.07, 6.45) is -0.528. The molecule has 0 saturated heterocycles. The Hall–Kier alpha value is -0.950. The normalized spacial score (nSPS) is 15.5. The Bertz CT molecular complexity index is 305. The van der Waals surface area contributed by atoms with E-state index in [1.807, 2.05) is 0 Å². The molecule has 0 aromatic heterocycles. The van der Waals surface area contributed by atoms with Gasteiger partial charge in [-0.25, -0.2) is 4.57 Å². The lowest BCUT2D eigenvalue weighted by Gasteiger charge is -2.19. The summed E-state index contributed by atoms with van der Waals surface area (Å²) in [5, 5.41) is 0. The van der Waals surface area contributed by atoms with Crippen molar-refractivity contribution in [3.05, 3.63) is 0 Å². The Morgan fingerprint density at radius 1 is 1.44 bits per heavy atom. The summed E-state index contributed by atoms with van der Waals surface area (Å²) in [5.74, 6) is -0.586. The molecule has 0 bridgehead atoms. The van der Waals surface area contributed by atoms with Crippen LogP contribution in [0.2, 0.25) is 0 Å². The second-order valence-electron chi connectivity index (χ2n) is 3.26. The van der Waals surface area contributed by atoms with Crippen molar-refractivity contribution in [3.8, 4) is 0 Å². The first-order valence-electron chi connectivity index (χ1n) is 5.25. The van der Waals surface area contributed by atoms with E-state index in [4.69, 9.17) is 4.52 Å². The van der Waals surface area contributed by atoms with Gasteiger partial charge in [0.05, 0.1) is 6.61 Å². The largest absolute Gasteiger partial charge is 0.472 e. The molecule has 0 aromatic carbocycles. The third-order valence-corrected chi connectivity index (χ3v) is 2.64. The first-order valence-corrected chi connectivity index (χ1v) is 6.75. The monoisotopic (exact) mass is 284 g/mol. The first kappa shape index (κ1) is 17.1. The molecule has 0 aliphatic rings. The van der Waals surface area contributed by atoms with Crippen LogP contribution in [-0.2, 0) is 32.7 Å². The Morgan fingerprint density at radius 2 is 2.11 bits per heavy atom. The molecule has 1 N–H and O–H groups in total. The van der Waals surface area contributed by atoms with Crippen molar-refractivity contribution in [1.82, 2.24) is 0 Å². The third-order valence-electron chi connectivity index (χ3n) is 1.56. The lowest BCUT2D eigenvalue weighted by atomic mass is 10.4. The van der Waals surface area contributed by atoms with Crippen LogP contribution in [0, 0.1) is 0 Å². The molecule has 0 aliphatic heterocycles. The molecule has 18 heavy (non-hydrogen) atoms. The van der Waals surface area contributed by atoms with Gasteiger partial charge in [0, 0.05) is 6.92 Å². The molecule has 0 aromatic rings. The number of carbonyl (C=O) groups is 2. The maximum absolute atomic E-state index is 11.4. The van der Waals surface area contributed by atoms with Gasteiger partial charge in [-0.05, 0) is 6.42 Å². The highest BCUT2D eigenvalue weighted by atomic mass is 31.2. The van der Waals surface area contributed by atoms with Crippen LogP contribution in [0.15, 0.2) is 0 Å². The van der Waals surface area contributed by atoms with Gasteiger partial charge in [-0.15, -0.1) is 0 Å². The fourth-order valence-corrected chi connectivity index (χ4v) is 1.86.